The van der Waals surface area contributed by atoms with E-state index in [1.54, 1.807) is 0 Å². The molecule has 0 aliphatic heterocycles. The molecule has 0 radical (unpaired) electrons. The van der Waals surface area contributed by atoms with Crippen LogP contribution in [0.3, 0.4) is 0 Å². The molecule has 2 aromatic carbocycles. The smallest absolute Gasteiger partial charge is 0.0325 e. The van der Waals surface area contributed by atoms with E-state index in [4.69, 9.17) is 5.73 Å². The van der Waals surface area contributed by atoms with Gasteiger partial charge in [0.25, 0.3) is 0 Å². The lowest BCUT2D eigenvalue weighted by Gasteiger charge is -2.37. The Morgan fingerprint density at radius 2 is 1.33 bits per heavy atom. The van der Waals surface area contributed by atoms with Gasteiger partial charge in [0.1, 0.15) is 0 Å². The zero-order valence-electron chi connectivity index (χ0n) is 13.0. The number of nitrogens with two attached hydrogens (primary N) is 1. The molecule has 0 bridgehead atoms. The summed E-state index contributed by atoms with van der Waals surface area (Å²) in [5.41, 5.74) is 9.08. The molecule has 2 nitrogen and oxygen atoms in total. The summed E-state index contributed by atoms with van der Waals surface area (Å²) in [5.74, 6) is 0. The van der Waals surface area contributed by atoms with Crippen LogP contribution in [0.2, 0.25) is 0 Å². The van der Waals surface area contributed by atoms with Crippen molar-refractivity contribution < 1.29 is 5.48 Å². The van der Waals surface area contributed by atoms with E-state index in [1.165, 1.54) is 24.0 Å². The van der Waals surface area contributed by atoms with Gasteiger partial charge in [-0.3, -0.25) is 0 Å². The molecule has 1 unspecified atom stereocenters. The van der Waals surface area contributed by atoms with Gasteiger partial charge < -0.3 is 11.2 Å². The van der Waals surface area contributed by atoms with Gasteiger partial charge in [-0.2, -0.15) is 0 Å². The Hall–Kier alpha value is -1.64. The molecule has 0 aliphatic carbocycles. The van der Waals surface area contributed by atoms with Crippen molar-refractivity contribution in [2.45, 2.75) is 44.6 Å². The van der Waals surface area contributed by atoms with E-state index < -0.39 is 0 Å². The van der Waals surface area contributed by atoms with Crippen molar-refractivity contribution >= 4 is 0 Å². The molecule has 0 saturated heterocycles. The van der Waals surface area contributed by atoms with Crippen molar-refractivity contribution in [2.24, 2.45) is 5.73 Å². The highest BCUT2D eigenvalue weighted by atomic mass is 16.0. The van der Waals surface area contributed by atoms with Crippen LogP contribution < -0.4 is 5.73 Å². The lowest BCUT2D eigenvalue weighted by Crippen LogP contribution is -2.44. The van der Waals surface area contributed by atoms with Crippen LogP contribution in [0.25, 0.3) is 0 Å². The van der Waals surface area contributed by atoms with E-state index in [9.17, 15) is 0 Å². The summed E-state index contributed by atoms with van der Waals surface area (Å²) < 4.78 is 0. The molecule has 2 aromatic rings. The topological polar surface area (TPSA) is 57.5 Å². The first-order chi connectivity index (χ1) is 9.69. The van der Waals surface area contributed by atoms with E-state index in [0.717, 1.165) is 6.42 Å². The molecule has 0 saturated carbocycles. The van der Waals surface area contributed by atoms with Crippen molar-refractivity contribution in [2.75, 3.05) is 0 Å². The van der Waals surface area contributed by atoms with Crippen LogP contribution in [0.4, 0.5) is 0 Å². The van der Waals surface area contributed by atoms with Crippen LogP contribution in [-0.4, -0.2) is 11.5 Å². The van der Waals surface area contributed by atoms with Gasteiger partial charge in [0.2, 0.25) is 0 Å². The minimum absolute atomic E-state index is 0. The molecule has 0 amide bonds. The first-order valence-corrected chi connectivity index (χ1v) is 7.56. The van der Waals surface area contributed by atoms with E-state index in [1.807, 2.05) is 0 Å². The SMILES string of the molecule is CCCCC(N)C(C)(c1ccccc1)c1ccccc1.O. The van der Waals surface area contributed by atoms with Crippen LogP contribution in [-0.2, 0) is 5.41 Å². The highest BCUT2D eigenvalue weighted by Crippen LogP contribution is 2.36. The molecule has 0 aromatic heterocycles. The Morgan fingerprint density at radius 1 is 0.905 bits per heavy atom. The van der Waals surface area contributed by atoms with Gasteiger partial charge in [-0.05, 0) is 24.5 Å². The monoisotopic (exact) mass is 285 g/mol. The molecule has 0 fully saturated rings. The van der Waals surface area contributed by atoms with Crippen molar-refractivity contribution in [3.8, 4) is 0 Å². The third-order valence-electron chi connectivity index (χ3n) is 4.36. The summed E-state index contributed by atoms with van der Waals surface area (Å²) in [6.07, 6.45) is 3.42. The standard InChI is InChI=1S/C19H25N.H2O/c1-3-4-15-18(20)19(2,16-11-7-5-8-12-16)17-13-9-6-10-14-17;/h5-14,18H,3-4,15,20H2,1-2H3;1H2. The molecule has 0 aliphatic rings. The molecule has 2 heteroatoms. The molecule has 0 spiro atoms. The van der Waals surface area contributed by atoms with E-state index in [0.29, 0.717) is 0 Å². The third-order valence-corrected chi connectivity index (χ3v) is 4.36. The van der Waals surface area contributed by atoms with Gasteiger partial charge >= 0.3 is 0 Å². The molecular formula is C19H27NO. The normalized spacial score (nSPS) is 12.5. The lowest BCUT2D eigenvalue weighted by atomic mass is 9.69. The molecule has 1 atom stereocenters. The summed E-state index contributed by atoms with van der Waals surface area (Å²) in [7, 11) is 0. The minimum atomic E-state index is -0.127. The fourth-order valence-electron chi connectivity index (χ4n) is 2.88. The van der Waals surface area contributed by atoms with Crippen molar-refractivity contribution in [1.82, 2.24) is 0 Å². The van der Waals surface area contributed by atoms with Crippen molar-refractivity contribution in [1.29, 1.82) is 0 Å². The van der Waals surface area contributed by atoms with Gasteiger partial charge in [0.05, 0.1) is 0 Å². The van der Waals surface area contributed by atoms with Gasteiger partial charge in [-0.1, -0.05) is 80.4 Å². The van der Waals surface area contributed by atoms with Gasteiger partial charge in [0, 0.05) is 11.5 Å². The average molecular weight is 285 g/mol. The summed E-state index contributed by atoms with van der Waals surface area (Å²) in [6.45, 7) is 4.49. The Balaban J connectivity index is 0.00000220. The number of hydrogen-bond donors (Lipinski definition) is 1. The lowest BCUT2D eigenvalue weighted by molar-refractivity contribution is 0.408. The van der Waals surface area contributed by atoms with Crippen molar-refractivity contribution in [3.05, 3.63) is 71.8 Å². The summed E-state index contributed by atoms with van der Waals surface area (Å²) in [4.78, 5) is 0. The maximum atomic E-state index is 6.60. The number of unbranched alkanes of at least 4 members (excludes halogenated alkanes) is 1. The van der Waals surface area contributed by atoms with Gasteiger partial charge in [0.15, 0.2) is 0 Å². The molecule has 21 heavy (non-hydrogen) atoms. The van der Waals surface area contributed by atoms with Crippen LogP contribution >= 0.6 is 0 Å². The second kappa shape index (κ2) is 7.96. The zero-order valence-corrected chi connectivity index (χ0v) is 13.0. The van der Waals surface area contributed by atoms with Crippen molar-refractivity contribution in [3.63, 3.8) is 0 Å². The Bertz CT molecular complexity index is 470. The highest BCUT2D eigenvalue weighted by molar-refractivity contribution is 5.40. The highest BCUT2D eigenvalue weighted by Gasteiger charge is 2.34. The van der Waals surface area contributed by atoms with Gasteiger partial charge in [-0.15, -0.1) is 0 Å². The largest absolute Gasteiger partial charge is 0.412 e. The second-order valence-electron chi connectivity index (χ2n) is 5.68. The first kappa shape index (κ1) is 17.4. The van der Waals surface area contributed by atoms with Crippen LogP contribution in [0, 0.1) is 0 Å². The predicted octanol–water partition coefficient (Wildman–Crippen LogP) is 3.69. The average Bonchev–Trinajstić information content (AvgIpc) is 2.53. The summed E-state index contributed by atoms with van der Waals surface area (Å²) in [6, 6.07) is 21.4. The Kier molecular flexibility index (Phi) is 6.60. The van der Waals surface area contributed by atoms with E-state index in [2.05, 4.69) is 74.5 Å². The minimum Gasteiger partial charge on any atom is -0.412 e. The number of hydrogen-bond acceptors (Lipinski definition) is 1. The Labute approximate surface area is 128 Å². The fourth-order valence-corrected chi connectivity index (χ4v) is 2.88. The quantitative estimate of drug-likeness (QED) is 0.864. The molecular weight excluding hydrogens is 258 g/mol. The predicted molar refractivity (Wildman–Crippen MR) is 90.5 cm³/mol. The van der Waals surface area contributed by atoms with Crippen LogP contribution in [0.1, 0.15) is 44.2 Å². The van der Waals surface area contributed by atoms with E-state index in [-0.39, 0.29) is 16.9 Å². The number of benzene rings is 2. The number of rotatable bonds is 6. The molecule has 0 heterocycles. The maximum Gasteiger partial charge on any atom is 0.0325 e. The summed E-state index contributed by atoms with van der Waals surface area (Å²) >= 11 is 0. The Morgan fingerprint density at radius 3 is 1.71 bits per heavy atom. The first-order valence-electron chi connectivity index (χ1n) is 7.56. The van der Waals surface area contributed by atoms with Crippen LogP contribution in [0.15, 0.2) is 60.7 Å². The molecule has 2 rings (SSSR count). The van der Waals surface area contributed by atoms with Crippen LogP contribution in [0.5, 0.6) is 0 Å². The van der Waals surface area contributed by atoms with Gasteiger partial charge in [-0.25, -0.2) is 0 Å². The second-order valence-corrected chi connectivity index (χ2v) is 5.68. The molecule has 114 valence electrons. The zero-order chi connectivity index (χ0) is 14.4. The summed E-state index contributed by atoms with van der Waals surface area (Å²) in [5, 5.41) is 0. The fraction of sp³-hybridized carbons (Fsp3) is 0.368. The van der Waals surface area contributed by atoms with E-state index >= 15 is 0 Å². The molecule has 4 N–H and O–H groups in total. The maximum absolute atomic E-state index is 6.60. The third kappa shape index (κ3) is 3.72.